The molecule has 3 rings (SSSR count). The molecule has 1 aliphatic rings. The van der Waals surface area contributed by atoms with E-state index in [4.69, 9.17) is 21.1 Å². The largest absolute Gasteiger partial charge is 0.486 e. The van der Waals surface area contributed by atoms with Crippen molar-refractivity contribution in [1.82, 2.24) is 5.32 Å². The fraction of sp³-hybridized carbons (Fsp3) is 0.278. The Labute approximate surface area is 150 Å². The van der Waals surface area contributed by atoms with Crippen LogP contribution in [0.4, 0.5) is 0 Å². The first-order valence-corrected chi connectivity index (χ1v) is 9.21. The Bertz CT molecular complexity index is 693. The minimum absolute atomic E-state index is 0.00331. The van der Waals surface area contributed by atoms with E-state index in [0.29, 0.717) is 18.9 Å². The van der Waals surface area contributed by atoms with Gasteiger partial charge in [-0.15, -0.1) is 11.8 Å². The number of nitrogens with one attached hydrogen (secondary N) is 1. The van der Waals surface area contributed by atoms with Gasteiger partial charge in [-0.05, 0) is 29.8 Å². The van der Waals surface area contributed by atoms with Crippen molar-refractivity contribution < 1.29 is 14.3 Å². The fourth-order valence-corrected chi connectivity index (χ4v) is 3.23. The van der Waals surface area contributed by atoms with Crippen LogP contribution in [0.3, 0.4) is 0 Å². The van der Waals surface area contributed by atoms with Gasteiger partial charge in [-0.3, -0.25) is 4.79 Å². The number of rotatable bonds is 6. The van der Waals surface area contributed by atoms with E-state index in [1.54, 1.807) is 11.8 Å². The lowest BCUT2D eigenvalue weighted by Gasteiger charge is -2.26. The van der Waals surface area contributed by atoms with Crippen molar-refractivity contribution in [3.63, 3.8) is 0 Å². The summed E-state index contributed by atoms with van der Waals surface area (Å²) in [6.45, 7) is 0.879. The van der Waals surface area contributed by atoms with Crippen molar-refractivity contribution in [2.75, 3.05) is 18.9 Å². The van der Waals surface area contributed by atoms with Crippen LogP contribution in [0.25, 0.3) is 0 Å². The molecule has 6 heteroatoms. The van der Waals surface area contributed by atoms with Gasteiger partial charge in [0.25, 0.3) is 0 Å². The van der Waals surface area contributed by atoms with Crippen LogP contribution in [0.1, 0.15) is 5.56 Å². The first kappa shape index (κ1) is 17.0. The van der Waals surface area contributed by atoms with E-state index >= 15 is 0 Å². The van der Waals surface area contributed by atoms with Crippen LogP contribution in [-0.2, 0) is 10.5 Å². The molecule has 0 saturated heterocycles. The third-order valence-electron chi connectivity index (χ3n) is 3.51. The van der Waals surface area contributed by atoms with Crippen LogP contribution in [0, 0.1) is 0 Å². The molecule has 0 bridgehead atoms. The predicted molar refractivity (Wildman–Crippen MR) is 97.0 cm³/mol. The topological polar surface area (TPSA) is 47.6 Å². The summed E-state index contributed by atoms with van der Waals surface area (Å²) in [7, 11) is 0. The maximum absolute atomic E-state index is 11.9. The summed E-state index contributed by atoms with van der Waals surface area (Å²) < 4.78 is 11.4. The molecule has 1 N–H and O–H groups in total. The number of hydrogen-bond donors (Lipinski definition) is 1. The highest BCUT2D eigenvalue weighted by Crippen LogP contribution is 2.30. The van der Waals surface area contributed by atoms with E-state index in [0.717, 1.165) is 27.8 Å². The SMILES string of the molecule is O=C(CSCc1ccc(Cl)cc1)NC[C@@H]1COc2ccccc2O1. The van der Waals surface area contributed by atoms with Crippen molar-refractivity contribution in [3.8, 4) is 11.5 Å². The molecular formula is C18H18ClNO3S. The molecule has 1 aliphatic heterocycles. The van der Waals surface area contributed by atoms with Crippen LogP contribution in [-0.4, -0.2) is 30.9 Å². The Balaban J connectivity index is 1.36. The van der Waals surface area contributed by atoms with E-state index in [1.165, 1.54) is 0 Å². The van der Waals surface area contributed by atoms with Crippen LogP contribution in [0.2, 0.25) is 5.02 Å². The number of carbonyl (C=O) groups is 1. The summed E-state index contributed by atoms with van der Waals surface area (Å²) in [6, 6.07) is 15.2. The number of para-hydroxylation sites is 2. The van der Waals surface area contributed by atoms with Gasteiger partial charge in [0.1, 0.15) is 12.7 Å². The minimum atomic E-state index is -0.162. The average Bonchev–Trinajstić information content (AvgIpc) is 2.61. The van der Waals surface area contributed by atoms with Gasteiger partial charge in [-0.25, -0.2) is 0 Å². The second kappa shape index (κ2) is 8.31. The van der Waals surface area contributed by atoms with Gasteiger partial charge in [0.15, 0.2) is 11.5 Å². The van der Waals surface area contributed by atoms with Crippen LogP contribution in [0.15, 0.2) is 48.5 Å². The first-order chi connectivity index (χ1) is 11.7. The molecule has 2 aromatic carbocycles. The lowest BCUT2D eigenvalue weighted by atomic mass is 10.2. The van der Waals surface area contributed by atoms with E-state index in [9.17, 15) is 4.79 Å². The van der Waals surface area contributed by atoms with Crippen LogP contribution in [0.5, 0.6) is 11.5 Å². The van der Waals surface area contributed by atoms with Crippen molar-refractivity contribution in [3.05, 3.63) is 59.1 Å². The monoisotopic (exact) mass is 363 g/mol. The normalized spacial score (nSPS) is 15.8. The molecule has 0 aliphatic carbocycles. The molecule has 2 aromatic rings. The molecule has 1 amide bonds. The number of ether oxygens (including phenoxy) is 2. The Morgan fingerprint density at radius 3 is 2.71 bits per heavy atom. The van der Waals surface area contributed by atoms with Gasteiger partial charge >= 0.3 is 0 Å². The summed E-state index contributed by atoms with van der Waals surface area (Å²) in [4.78, 5) is 11.9. The quantitative estimate of drug-likeness (QED) is 0.853. The molecule has 0 saturated carbocycles. The number of thioether (sulfide) groups is 1. The molecule has 1 atom stereocenters. The number of carbonyl (C=O) groups excluding carboxylic acids is 1. The summed E-state index contributed by atoms with van der Waals surface area (Å²) in [6.07, 6.45) is -0.162. The fourth-order valence-electron chi connectivity index (χ4n) is 2.28. The van der Waals surface area contributed by atoms with E-state index < -0.39 is 0 Å². The van der Waals surface area contributed by atoms with E-state index in [2.05, 4.69) is 5.32 Å². The zero-order chi connectivity index (χ0) is 16.8. The highest BCUT2D eigenvalue weighted by Gasteiger charge is 2.20. The van der Waals surface area contributed by atoms with Crippen molar-refractivity contribution >= 4 is 29.3 Å². The maximum Gasteiger partial charge on any atom is 0.230 e. The number of halogens is 1. The van der Waals surface area contributed by atoms with Gasteiger partial charge in [-0.1, -0.05) is 35.9 Å². The number of fused-ring (bicyclic) bond motifs is 1. The van der Waals surface area contributed by atoms with E-state index in [-0.39, 0.29) is 12.0 Å². The second-order valence-electron chi connectivity index (χ2n) is 5.42. The molecule has 0 spiro atoms. The number of hydrogen-bond acceptors (Lipinski definition) is 4. The molecular weight excluding hydrogens is 346 g/mol. The van der Waals surface area contributed by atoms with Crippen LogP contribution >= 0.6 is 23.4 Å². The molecule has 126 valence electrons. The predicted octanol–water partition coefficient (Wildman–Crippen LogP) is 3.53. The van der Waals surface area contributed by atoms with Gasteiger partial charge < -0.3 is 14.8 Å². The first-order valence-electron chi connectivity index (χ1n) is 7.68. The highest BCUT2D eigenvalue weighted by atomic mass is 35.5. The zero-order valence-electron chi connectivity index (χ0n) is 13.0. The highest BCUT2D eigenvalue weighted by molar-refractivity contribution is 7.99. The van der Waals surface area contributed by atoms with Crippen molar-refractivity contribution in [2.45, 2.75) is 11.9 Å². The average molecular weight is 364 g/mol. The summed E-state index contributed by atoms with van der Waals surface area (Å²) in [5, 5.41) is 3.61. The van der Waals surface area contributed by atoms with Crippen molar-refractivity contribution in [1.29, 1.82) is 0 Å². The Morgan fingerprint density at radius 1 is 1.17 bits per heavy atom. The summed E-state index contributed by atoms with van der Waals surface area (Å²) >= 11 is 7.42. The second-order valence-corrected chi connectivity index (χ2v) is 6.84. The Hall–Kier alpha value is -1.85. The summed E-state index contributed by atoms with van der Waals surface area (Å²) in [5.74, 6) is 2.66. The van der Waals surface area contributed by atoms with Gasteiger partial charge in [0.2, 0.25) is 5.91 Å². The standard InChI is InChI=1S/C18H18ClNO3S/c19-14-7-5-13(6-8-14)11-24-12-18(21)20-9-15-10-22-16-3-1-2-4-17(16)23-15/h1-8,15H,9-12H2,(H,20,21)/t15-/m1/s1. The molecule has 0 aromatic heterocycles. The molecule has 0 radical (unpaired) electrons. The Morgan fingerprint density at radius 2 is 1.92 bits per heavy atom. The van der Waals surface area contributed by atoms with Crippen molar-refractivity contribution in [2.24, 2.45) is 0 Å². The molecule has 0 fully saturated rings. The number of benzene rings is 2. The minimum Gasteiger partial charge on any atom is -0.486 e. The van der Waals surface area contributed by atoms with Gasteiger partial charge in [-0.2, -0.15) is 0 Å². The molecule has 4 nitrogen and oxygen atoms in total. The van der Waals surface area contributed by atoms with Gasteiger partial charge in [0, 0.05) is 10.8 Å². The molecule has 0 unspecified atom stereocenters. The third-order valence-corrected chi connectivity index (χ3v) is 4.77. The number of amides is 1. The lowest BCUT2D eigenvalue weighted by molar-refractivity contribution is -0.119. The maximum atomic E-state index is 11.9. The van der Waals surface area contributed by atoms with E-state index in [1.807, 2.05) is 48.5 Å². The lowest BCUT2D eigenvalue weighted by Crippen LogP contribution is -2.41. The zero-order valence-corrected chi connectivity index (χ0v) is 14.6. The smallest absolute Gasteiger partial charge is 0.230 e. The Kier molecular flexibility index (Phi) is 5.88. The third kappa shape index (κ3) is 4.82. The molecule has 24 heavy (non-hydrogen) atoms. The molecule has 1 heterocycles. The summed E-state index contributed by atoms with van der Waals surface area (Å²) in [5.41, 5.74) is 1.15. The van der Waals surface area contributed by atoms with Crippen LogP contribution < -0.4 is 14.8 Å². The van der Waals surface area contributed by atoms with Gasteiger partial charge in [0.05, 0.1) is 12.3 Å².